The molecule has 148 valence electrons. The van der Waals surface area contributed by atoms with Crippen LogP contribution >= 0.6 is 0 Å². The Morgan fingerprint density at radius 1 is 1.50 bits per heavy atom. The molecule has 2 rings (SSSR count). The van der Waals surface area contributed by atoms with E-state index in [4.69, 9.17) is 5.21 Å². The molecule has 1 amide bonds. The van der Waals surface area contributed by atoms with Crippen LogP contribution in [-0.2, 0) is 0 Å². The summed E-state index contributed by atoms with van der Waals surface area (Å²) >= 11 is 0. The number of nitro groups is 1. The summed E-state index contributed by atoms with van der Waals surface area (Å²) < 4.78 is 0. The molecule has 0 radical (unpaired) electrons. The molecule has 1 atom stereocenters. The third-order valence-corrected chi connectivity index (χ3v) is 4.24. The number of hydrogen-bond donors (Lipinski definition) is 3. The van der Waals surface area contributed by atoms with Crippen molar-refractivity contribution < 1.29 is 14.9 Å². The van der Waals surface area contributed by atoms with Crippen LogP contribution in [0.15, 0.2) is 39.9 Å². The number of carbonyl (C=O) groups is 1. The van der Waals surface area contributed by atoms with E-state index in [9.17, 15) is 19.7 Å². The maximum absolute atomic E-state index is 12.5. The molecule has 0 spiro atoms. The molecule has 28 heavy (non-hydrogen) atoms. The van der Waals surface area contributed by atoms with Crippen molar-refractivity contribution in [2.45, 2.75) is 33.2 Å². The highest BCUT2D eigenvalue weighted by atomic mass is 16.6. The Bertz CT molecular complexity index is 1020. The summed E-state index contributed by atoms with van der Waals surface area (Å²) in [5, 5.41) is 25.9. The number of carbonyl (C=O) groups excluding carboxylic acids is 1. The van der Waals surface area contributed by atoms with Gasteiger partial charge in [0.1, 0.15) is 11.2 Å². The molecule has 10 nitrogen and oxygen atoms in total. The number of hydrogen-bond acceptors (Lipinski definition) is 7. The van der Waals surface area contributed by atoms with Crippen molar-refractivity contribution in [3.63, 3.8) is 0 Å². The molecule has 2 aromatic heterocycles. The molecule has 0 saturated heterocycles. The van der Waals surface area contributed by atoms with E-state index >= 15 is 0 Å². The number of aromatic amines is 1. The van der Waals surface area contributed by atoms with Crippen LogP contribution in [0.4, 0.5) is 0 Å². The van der Waals surface area contributed by atoms with Gasteiger partial charge in [-0.1, -0.05) is 12.1 Å². The number of nitrogens with one attached hydrogen (secondary N) is 2. The van der Waals surface area contributed by atoms with Crippen molar-refractivity contribution in [1.82, 2.24) is 15.3 Å². The summed E-state index contributed by atoms with van der Waals surface area (Å²) in [7, 11) is 0. The Morgan fingerprint density at radius 3 is 2.82 bits per heavy atom. The lowest BCUT2D eigenvalue weighted by atomic mass is 10.1. The van der Waals surface area contributed by atoms with Gasteiger partial charge in [-0.3, -0.25) is 19.7 Å². The molecule has 0 bridgehead atoms. The molecule has 0 saturated carbocycles. The van der Waals surface area contributed by atoms with E-state index < -0.39 is 22.3 Å². The fourth-order valence-corrected chi connectivity index (χ4v) is 2.75. The van der Waals surface area contributed by atoms with Crippen molar-refractivity contribution in [3.05, 3.63) is 61.6 Å². The van der Waals surface area contributed by atoms with Crippen molar-refractivity contribution in [3.8, 4) is 0 Å². The summed E-state index contributed by atoms with van der Waals surface area (Å²) in [6.07, 6.45) is 2.89. The Balaban J connectivity index is 2.18. The zero-order valence-corrected chi connectivity index (χ0v) is 15.7. The average molecular weight is 387 g/mol. The molecule has 0 aliphatic heterocycles. The van der Waals surface area contributed by atoms with E-state index in [0.29, 0.717) is 11.2 Å². The highest BCUT2D eigenvalue weighted by Crippen LogP contribution is 2.10. The molecule has 0 aromatic carbocycles. The molecule has 0 fully saturated rings. The zero-order valence-electron chi connectivity index (χ0n) is 15.7. The summed E-state index contributed by atoms with van der Waals surface area (Å²) in [5.74, 6) is -0.669. The Labute approximate surface area is 160 Å². The van der Waals surface area contributed by atoms with E-state index in [0.717, 1.165) is 5.69 Å². The lowest BCUT2D eigenvalue weighted by Gasteiger charge is -2.09. The third-order valence-electron chi connectivity index (χ3n) is 4.24. The van der Waals surface area contributed by atoms with Crippen LogP contribution in [0.2, 0.25) is 0 Å². The van der Waals surface area contributed by atoms with Gasteiger partial charge in [0.05, 0.1) is 17.6 Å². The Hall–Kier alpha value is -3.56. The number of H-pyrrole nitrogens is 1. The van der Waals surface area contributed by atoms with Gasteiger partial charge in [-0.25, -0.2) is 4.98 Å². The minimum absolute atomic E-state index is 0.0284. The minimum atomic E-state index is -0.910. The van der Waals surface area contributed by atoms with Crippen LogP contribution < -0.4 is 10.7 Å². The van der Waals surface area contributed by atoms with Gasteiger partial charge in [0.15, 0.2) is 0 Å². The molecule has 1 unspecified atom stereocenters. The second-order valence-corrected chi connectivity index (χ2v) is 6.25. The predicted octanol–water partition coefficient (Wildman–Crippen LogP) is 1.79. The van der Waals surface area contributed by atoms with Crippen molar-refractivity contribution in [2.24, 2.45) is 5.16 Å². The molecule has 3 N–H and O–H groups in total. The molecular weight excluding hydrogens is 366 g/mol. The van der Waals surface area contributed by atoms with Gasteiger partial charge < -0.3 is 15.5 Å². The van der Waals surface area contributed by atoms with Crippen LogP contribution in [0.1, 0.15) is 36.3 Å². The second-order valence-electron chi connectivity index (χ2n) is 6.25. The summed E-state index contributed by atoms with van der Waals surface area (Å²) in [6, 6.07) is 2.34. The quantitative estimate of drug-likeness (QED) is 0.285. The van der Waals surface area contributed by atoms with E-state index in [1.54, 1.807) is 32.9 Å². The number of amides is 1. The summed E-state index contributed by atoms with van der Waals surface area (Å²) in [6.45, 7) is 4.80. The normalized spacial score (nSPS) is 13.4. The number of fused-ring (bicyclic) bond motifs is 1. The number of aryl methyl sites for hydroxylation is 1. The molecule has 0 aliphatic carbocycles. The average Bonchev–Trinajstić information content (AvgIpc) is 2.65. The van der Waals surface area contributed by atoms with E-state index in [1.807, 2.05) is 0 Å². The van der Waals surface area contributed by atoms with Gasteiger partial charge in [0.2, 0.25) is 11.5 Å². The van der Waals surface area contributed by atoms with E-state index in [2.05, 4.69) is 20.4 Å². The SMILES string of the molecule is CCC(/C(C)=C/C(CNC(=O)c1c[nH]c2nc(C)ccc2c1=O)=N\O)[N+](=O)[O-]. The zero-order chi connectivity index (χ0) is 20.8. The van der Waals surface area contributed by atoms with Crippen molar-refractivity contribution in [1.29, 1.82) is 0 Å². The van der Waals surface area contributed by atoms with Gasteiger partial charge in [-0.15, -0.1) is 0 Å². The topological polar surface area (TPSA) is 151 Å². The molecule has 2 heterocycles. The number of nitrogens with zero attached hydrogens (tertiary/aromatic N) is 3. The van der Waals surface area contributed by atoms with Gasteiger partial charge >= 0.3 is 0 Å². The Kier molecular flexibility index (Phi) is 6.59. The maximum Gasteiger partial charge on any atom is 0.257 e. The van der Waals surface area contributed by atoms with Gasteiger partial charge in [0, 0.05) is 28.8 Å². The molecule has 2 aromatic rings. The minimum Gasteiger partial charge on any atom is -0.411 e. The maximum atomic E-state index is 12.5. The predicted molar refractivity (Wildman–Crippen MR) is 103 cm³/mol. The van der Waals surface area contributed by atoms with Crippen molar-refractivity contribution in [2.75, 3.05) is 6.54 Å². The molecule has 10 heteroatoms. The number of oxime groups is 1. The first kappa shape index (κ1) is 20.7. The van der Waals surface area contributed by atoms with Crippen LogP contribution in [0, 0.1) is 17.0 Å². The first-order valence-corrected chi connectivity index (χ1v) is 8.58. The first-order chi connectivity index (χ1) is 13.3. The number of rotatable bonds is 7. The largest absolute Gasteiger partial charge is 0.411 e. The lowest BCUT2D eigenvalue weighted by molar-refractivity contribution is -0.512. The van der Waals surface area contributed by atoms with E-state index in [1.165, 1.54) is 12.3 Å². The number of aromatic nitrogens is 2. The smallest absolute Gasteiger partial charge is 0.257 e. The van der Waals surface area contributed by atoms with E-state index in [-0.39, 0.29) is 29.6 Å². The highest BCUT2D eigenvalue weighted by molar-refractivity contribution is 6.02. The summed E-state index contributed by atoms with van der Waals surface area (Å²) in [5.41, 5.74) is 0.926. The molecular formula is C18H21N5O5. The lowest BCUT2D eigenvalue weighted by Crippen LogP contribution is -2.33. The fourth-order valence-electron chi connectivity index (χ4n) is 2.75. The standard InChI is InChI=1S/C18H21N5O5/c1-4-15(23(27)28)10(2)7-12(22-26)8-20-18(25)14-9-19-17-13(16(14)24)6-5-11(3)21-17/h5-7,9,15,26H,4,8H2,1-3H3,(H,20,25)(H,19,21,24)/b10-7+,22-12+. The second kappa shape index (κ2) is 8.89. The van der Waals surface area contributed by atoms with Crippen LogP contribution in [-0.4, -0.2) is 44.3 Å². The molecule has 0 aliphatic rings. The Morgan fingerprint density at radius 2 is 2.21 bits per heavy atom. The van der Waals surface area contributed by atoms with Crippen LogP contribution in [0.3, 0.4) is 0 Å². The first-order valence-electron chi connectivity index (χ1n) is 8.58. The monoisotopic (exact) mass is 387 g/mol. The van der Waals surface area contributed by atoms with Gasteiger partial charge in [-0.05, 0) is 32.1 Å². The number of pyridine rings is 2. The van der Waals surface area contributed by atoms with Crippen molar-refractivity contribution >= 4 is 22.7 Å². The third kappa shape index (κ3) is 4.58. The summed E-state index contributed by atoms with van der Waals surface area (Å²) in [4.78, 5) is 42.4. The fraction of sp³-hybridized carbons (Fsp3) is 0.333. The van der Waals surface area contributed by atoms with Gasteiger partial charge in [0.25, 0.3) is 5.91 Å². The highest BCUT2D eigenvalue weighted by Gasteiger charge is 2.20. The van der Waals surface area contributed by atoms with Crippen LogP contribution in [0.25, 0.3) is 11.0 Å². The van der Waals surface area contributed by atoms with Crippen LogP contribution in [0.5, 0.6) is 0 Å². The van der Waals surface area contributed by atoms with Gasteiger partial charge in [-0.2, -0.15) is 0 Å².